The number of primary amides is 1. The van der Waals surface area contributed by atoms with Crippen LogP contribution in [0.15, 0.2) is 55.5 Å². The Morgan fingerprint density at radius 1 is 0.791 bits per heavy atom. The number of rotatable bonds is 15. The van der Waals surface area contributed by atoms with Crippen molar-refractivity contribution in [1.29, 1.82) is 0 Å². The van der Waals surface area contributed by atoms with Gasteiger partial charge in [0.25, 0.3) is 0 Å². The van der Waals surface area contributed by atoms with Crippen molar-refractivity contribution in [3.8, 4) is 0 Å². The molecule has 0 radical (unpaired) electrons. The number of nitrogens with two attached hydrogens (primary N) is 2. The zero-order valence-electron chi connectivity index (χ0n) is 22.9. The zero-order valence-corrected chi connectivity index (χ0v) is 22.9. The molecule has 0 aliphatic rings. The Kier molecular flexibility index (Phi) is 9.85. The van der Waals surface area contributed by atoms with Crippen molar-refractivity contribution in [2.24, 2.45) is 11.5 Å². The van der Waals surface area contributed by atoms with E-state index in [-0.39, 0.29) is 19.3 Å². The molecule has 4 unspecified atom stereocenters. The minimum atomic E-state index is -1.62. The number of para-hydroxylation sites is 1. The average Bonchev–Trinajstić information content (AvgIpc) is 3.75. The highest BCUT2D eigenvalue weighted by Crippen LogP contribution is 2.19. The summed E-state index contributed by atoms with van der Waals surface area (Å²) in [5.74, 6) is -4.66. The van der Waals surface area contributed by atoms with Gasteiger partial charge in [0.2, 0.25) is 23.6 Å². The first kappa shape index (κ1) is 30.4. The largest absolute Gasteiger partial charge is 0.480 e. The van der Waals surface area contributed by atoms with Gasteiger partial charge in [0.15, 0.2) is 0 Å². The summed E-state index contributed by atoms with van der Waals surface area (Å²) < 4.78 is 0. The number of carboxylic acids is 1. The molecule has 226 valence electrons. The number of imidazole rings is 2. The summed E-state index contributed by atoms with van der Waals surface area (Å²) in [6.45, 7) is 0. The van der Waals surface area contributed by atoms with Gasteiger partial charge in [-0.15, -0.1) is 0 Å². The fraction of sp³-hybridized carbons (Fsp3) is 0.296. The van der Waals surface area contributed by atoms with Gasteiger partial charge in [0, 0.05) is 53.7 Å². The predicted molar refractivity (Wildman–Crippen MR) is 152 cm³/mol. The van der Waals surface area contributed by atoms with Crippen molar-refractivity contribution in [2.45, 2.75) is 49.9 Å². The van der Waals surface area contributed by atoms with Gasteiger partial charge in [-0.25, -0.2) is 14.8 Å². The first-order valence-electron chi connectivity index (χ1n) is 13.3. The van der Waals surface area contributed by atoms with Crippen LogP contribution >= 0.6 is 0 Å². The number of amides is 4. The number of benzene rings is 1. The lowest BCUT2D eigenvalue weighted by Gasteiger charge is -2.25. The minimum absolute atomic E-state index is 0.0186. The van der Waals surface area contributed by atoms with Crippen LogP contribution in [-0.4, -0.2) is 83.8 Å². The fourth-order valence-corrected chi connectivity index (χ4v) is 4.51. The third-order valence-corrected chi connectivity index (χ3v) is 6.70. The maximum atomic E-state index is 13.6. The summed E-state index contributed by atoms with van der Waals surface area (Å²) in [5, 5.41) is 17.8. The Labute approximate surface area is 244 Å². The van der Waals surface area contributed by atoms with E-state index in [1.54, 1.807) is 6.20 Å². The number of aromatic amines is 3. The van der Waals surface area contributed by atoms with E-state index in [0.717, 1.165) is 16.5 Å². The molecule has 0 saturated carbocycles. The summed E-state index contributed by atoms with van der Waals surface area (Å²) in [5.41, 5.74) is 14.1. The van der Waals surface area contributed by atoms with Crippen LogP contribution in [0.2, 0.25) is 0 Å². The SMILES string of the molecule is NC(=O)CC(NC(=O)C(Cc1cnc[nH]1)NC(=O)C(Cc1cnc[nH]1)NC(=O)C(N)Cc1c[nH]c2ccccc12)C(=O)O. The summed E-state index contributed by atoms with van der Waals surface area (Å²) >= 11 is 0. The van der Waals surface area contributed by atoms with E-state index in [2.05, 4.69) is 40.9 Å². The summed E-state index contributed by atoms with van der Waals surface area (Å²) in [4.78, 5) is 79.5. The molecule has 3 aromatic heterocycles. The lowest BCUT2D eigenvalue weighted by Crippen LogP contribution is -2.58. The van der Waals surface area contributed by atoms with Gasteiger partial charge >= 0.3 is 5.97 Å². The van der Waals surface area contributed by atoms with Gasteiger partial charge in [0.1, 0.15) is 18.1 Å². The molecule has 11 N–H and O–H groups in total. The number of aromatic nitrogens is 5. The molecule has 0 bridgehead atoms. The van der Waals surface area contributed by atoms with Crippen LogP contribution in [-0.2, 0) is 43.2 Å². The molecule has 16 nitrogen and oxygen atoms in total. The van der Waals surface area contributed by atoms with Crippen molar-refractivity contribution in [1.82, 2.24) is 40.9 Å². The van der Waals surface area contributed by atoms with Crippen LogP contribution < -0.4 is 27.4 Å². The van der Waals surface area contributed by atoms with Gasteiger partial charge in [-0.05, 0) is 18.1 Å². The van der Waals surface area contributed by atoms with Gasteiger partial charge in [-0.2, -0.15) is 0 Å². The molecule has 0 fully saturated rings. The summed E-state index contributed by atoms with van der Waals surface area (Å²) in [6.07, 6.45) is 6.87. The number of hydrogen-bond donors (Lipinski definition) is 9. The smallest absolute Gasteiger partial charge is 0.326 e. The normalized spacial score (nSPS) is 13.9. The first-order chi connectivity index (χ1) is 20.6. The van der Waals surface area contributed by atoms with E-state index in [0.29, 0.717) is 11.4 Å². The molecule has 43 heavy (non-hydrogen) atoms. The second-order valence-electron chi connectivity index (χ2n) is 9.92. The highest BCUT2D eigenvalue weighted by molar-refractivity contribution is 5.95. The monoisotopic (exact) mass is 592 g/mol. The molecular weight excluding hydrogens is 560 g/mol. The number of H-pyrrole nitrogens is 3. The van der Waals surface area contributed by atoms with E-state index in [1.807, 2.05) is 24.3 Å². The number of fused-ring (bicyclic) bond motifs is 1. The highest BCUT2D eigenvalue weighted by Gasteiger charge is 2.32. The second kappa shape index (κ2) is 13.9. The lowest BCUT2D eigenvalue weighted by molar-refractivity contribution is -0.143. The van der Waals surface area contributed by atoms with Crippen LogP contribution in [0.1, 0.15) is 23.4 Å². The Bertz CT molecular complexity index is 1570. The van der Waals surface area contributed by atoms with Crippen LogP contribution in [0.3, 0.4) is 0 Å². The Balaban J connectivity index is 1.50. The van der Waals surface area contributed by atoms with Crippen LogP contribution in [0, 0.1) is 0 Å². The minimum Gasteiger partial charge on any atom is -0.480 e. The molecule has 4 amide bonds. The number of carbonyl (C=O) groups is 5. The third kappa shape index (κ3) is 8.26. The number of hydrogen-bond acceptors (Lipinski definition) is 8. The Morgan fingerprint density at radius 2 is 1.35 bits per heavy atom. The molecule has 0 aliphatic carbocycles. The standard InChI is InChI=1S/C27H32N10O6/c28-18(5-14-9-32-19-4-2-1-3-17(14)19)24(39)35-20(6-15-10-30-12-33-15)25(40)36-21(7-16-11-31-13-34-16)26(41)37-22(27(42)43)8-23(29)38/h1-4,9-13,18,20-22,32H,5-8,28H2,(H2,29,38)(H,30,33)(H,31,34)(H,35,39)(H,36,40)(H,37,41)(H,42,43). The van der Waals surface area contributed by atoms with Crippen molar-refractivity contribution >= 4 is 40.5 Å². The number of carboxylic acid groups (broad SMARTS) is 1. The van der Waals surface area contributed by atoms with Crippen LogP contribution in [0.25, 0.3) is 10.9 Å². The maximum absolute atomic E-state index is 13.6. The van der Waals surface area contributed by atoms with Gasteiger partial charge in [-0.3, -0.25) is 19.2 Å². The average molecular weight is 593 g/mol. The van der Waals surface area contributed by atoms with Gasteiger partial charge in [-0.1, -0.05) is 18.2 Å². The Hall–Kier alpha value is -5.51. The molecule has 1 aromatic carbocycles. The van der Waals surface area contributed by atoms with E-state index in [4.69, 9.17) is 11.5 Å². The summed E-state index contributed by atoms with van der Waals surface area (Å²) in [6, 6.07) is 2.43. The van der Waals surface area contributed by atoms with E-state index >= 15 is 0 Å². The Morgan fingerprint density at radius 3 is 1.88 bits per heavy atom. The molecular formula is C27H32N10O6. The molecule has 0 aliphatic heterocycles. The van der Waals surface area contributed by atoms with Crippen molar-refractivity contribution < 1.29 is 29.1 Å². The van der Waals surface area contributed by atoms with E-state index in [9.17, 15) is 29.1 Å². The van der Waals surface area contributed by atoms with Crippen molar-refractivity contribution in [2.75, 3.05) is 0 Å². The molecule has 0 spiro atoms. The van der Waals surface area contributed by atoms with E-state index in [1.165, 1.54) is 25.0 Å². The quantitative estimate of drug-likeness (QED) is 0.0767. The number of nitrogens with one attached hydrogen (secondary N) is 6. The molecule has 0 saturated heterocycles. The third-order valence-electron chi connectivity index (χ3n) is 6.70. The molecule has 3 heterocycles. The van der Waals surface area contributed by atoms with E-state index < -0.39 is 60.2 Å². The van der Waals surface area contributed by atoms with Gasteiger partial charge in [0.05, 0.1) is 25.1 Å². The molecule has 4 atom stereocenters. The zero-order chi connectivity index (χ0) is 30.9. The maximum Gasteiger partial charge on any atom is 0.326 e. The first-order valence-corrected chi connectivity index (χ1v) is 13.3. The molecule has 16 heteroatoms. The topological polar surface area (TPSA) is 267 Å². The lowest BCUT2D eigenvalue weighted by atomic mass is 10.0. The predicted octanol–water partition coefficient (Wildman–Crippen LogP) is -1.62. The second-order valence-corrected chi connectivity index (χ2v) is 9.92. The fourth-order valence-electron chi connectivity index (χ4n) is 4.51. The number of nitrogens with zero attached hydrogens (tertiary/aromatic N) is 2. The molecule has 4 rings (SSSR count). The van der Waals surface area contributed by atoms with Crippen LogP contribution in [0.5, 0.6) is 0 Å². The van der Waals surface area contributed by atoms with Gasteiger partial charge < -0.3 is 47.5 Å². The molecule has 4 aromatic rings. The van der Waals surface area contributed by atoms with Crippen LogP contribution in [0.4, 0.5) is 0 Å². The van der Waals surface area contributed by atoms with Crippen molar-refractivity contribution in [3.05, 3.63) is 72.5 Å². The number of carbonyl (C=O) groups excluding carboxylic acids is 4. The summed E-state index contributed by atoms with van der Waals surface area (Å²) in [7, 11) is 0. The number of aliphatic carboxylic acids is 1. The highest BCUT2D eigenvalue weighted by atomic mass is 16.4. The van der Waals surface area contributed by atoms with Crippen molar-refractivity contribution in [3.63, 3.8) is 0 Å².